The van der Waals surface area contributed by atoms with E-state index in [0.717, 1.165) is 12.0 Å². The van der Waals surface area contributed by atoms with Crippen LogP contribution in [0.15, 0.2) is 34.9 Å². The molecule has 1 heterocycles. The van der Waals surface area contributed by atoms with Gasteiger partial charge in [-0.15, -0.1) is 0 Å². The van der Waals surface area contributed by atoms with Crippen LogP contribution in [0.25, 0.3) is 11.0 Å². The number of rotatable bonds is 1. The zero-order valence-electron chi connectivity index (χ0n) is 6.50. The van der Waals surface area contributed by atoms with E-state index in [-0.39, 0.29) is 18.9 Å². The number of aryl methyl sites for hydroxylation is 1. The van der Waals surface area contributed by atoms with Gasteiger partial charge in [0, 0.05) is 5.39 Å². The molecule has 1 nitrogen and oxygen atoms in total. The third-order valence-electron chi connectivity index (χ3n) is 1.94. The summed E-state index contributed by atoms with van der Waals surface area (Å²) < 4.78 is 5.34. The molecule has 0 aliphatic heterocycles. The van der Waals surface area contributed by atoms with E-state index < -0.39 is 0 Å². The Labute approximate surface area is 83.9 Å². The van der Waals surface area contributed by atoms with Crippen LogP contribution in [-0.4, -0.2) is 18.9 Å². The third-order valence-corrected chi connectivity index (χ3v) is 1.94. The van der Waals surface area contributed by atoms with Gasteiger partial charge in [0.1, 0.15) is 5.58 Å². The summed E-state index contributed by atoms with van der Waals surface area (Å²) in [7, 11) is 0. The molecule has 0 spiro atoms. The van der Waals surface area contributed by atoms with Crippen molar-refractivity contribution in [1.29, 1.82) is 0 Å². The number of fused-ring (bicyclic) bond motifs is 1. The van der Waals surface area contributed by atoms with Gasteiger partial charge in [-0.3, -0.25) is 0 Å². The zero-order valence-corrected chi connectivity index (χ0v) is 6.50. The monoisotopic (exact) mass is 154 g/mol. The van der Waals surface area contributed by atoms with Crippen molar-refractivity contribution in [3.63, 3.8) is 0 Å². The van der Waals surface area contributed by atoms with E-state index in [1.165, 1.54) is 10.9 Å². The van der Waals surface area contributed by atoms with Crippen molar-refractivity contribution in [2.45, 2.75) is 13.3 Å². The topological polar surface area (TPSA) is 13.1 Å². The summed E-state index contributed by atoms with van der Waals surface area (Å²) in [6, 6.07) is 8.12. The van der Waals surface area contributed by atoms with Crippen LogP contribution < -0.4 is 0 Å². The van der Waals surface area contributed by atoms with Gasteiger partial charge in [0.2, 0.25) is 0 Å². The summed E-state index contributed by atoms with van der Waals surface area (Å²) in [6.45, 7) is 2.14. The van der Waals surface area contributed by atoms with Crippen molar-refractivity contribution in [2.75, 3.05) is 0 Å². The Kier molecular flexibility index (Phi) is 3.03. The van der Waals surface area contributed by atoms with Crippen molar-refractivity contribution in [1.82, 2.24) is 0 Å². The van der Waals surface area contributed by atoms with Gasteiger partial charge < -0.3 is 4.42 Å². The van der Waals surface area contributed by atoms with Crippen LogP contribution in [0.3, 0.4) is 0 Å². The normalized spacial score (nSPS) is 9.75. The predicted molar refractivity (Wildman–Crippen MR) is 52.7 cm³/mol. The number of furan rings is 1. The summed E-state index contributed by atoms with van der Waals surface area (Å²) >= 11 is 0. The molecule has 0 amide bonds. The van der Waals surface area contributed by atoms with Gasteiger partial charge in [-0.2, -0.15) is 0 Å². The van der Waals surface area contributed by atoms with Crippen LogP contribution in [0, 0.1) is 0 Å². The molecule has 0 N–H and O–H groups in total. The van der Waals surface area contributed by atoms with Gasteiger partial charge in [0.15, 0.2) is 0 Å². The molecule has 0 aliphatic rings. The Morgan fingerprint density at radius 3 is 2.75 bits per heavy atom. The van der Waals surface area contributed by atoms with Crippen LogP contribution in [0.5, 0.6) is 0 Å². The molecule has 2 rings (SSSR count). The summed E-state index contributed by atoms with van der Waals surface area (Å²) in [5, 5.41) is 1.25. The molecule has 1 aromatic carbocycles. The van der Waals surface area contributed by atoms with E-state index in [2.05, 4.69) is 13.0 Å². The van der Waals surface area contributed by atoms with Crippen molar-refractivity contribution < 1.29 is 4.42 Å². The minimum absolute atomic E-state index is 0. The number of hydrogen-bond donors (Lipinski definition) is 0. The Morgan fingerprint density at radius 2 is 2.00 bits per heavy atom. The minimum atomic E-state index is 0. The van der Waals surface area contributed by atoms with Crippen LogP contribution in [0.1, 0.15) is 12.5 Å². The van der Waals surface area contributed by atoms with Crippen LogP contribution >= 0.6 is 0 Å². The summed E-state index contributed by atoms with van der Waals surface area (Å²) in [6.07, 6.45) is 2.88. The molecular formula is C10H11LiO. The van der Waals surface area contributed by atoms with Crippen LogP contribution in [0.4, 0.5) is 0 Å². The molecule has 0 fully saturated rings. The van der Waals surface area contributed by atoms with E-state index in [1.807, 2.05) is 24.5 Å². The van der Waals surface area contributed by atoms with E-state index in [1.54, 1.807) is 0 Å². The Balaban J connectivity index is 0.000000720. The SMILES string of the molecule is CCc1coc2ccccc12.[LiH]. The first kappa shape index (κ1) is 9.45. The summed E-state index contributed by atoms with van der Waals surface area (Å²) in [4.78, 5) is 0. The van der Waals surface area contributed by atoms with Crippen LogP contribution in [0.2, 0.25) is 0 Å². The first-order valence-electron chi connectivity index (χ1n) is 3.87. The molecule has 58 valence electrons. The van der Waals surface area contributed by atoms with Gasteiger partial charge in [-0.1, -0.05) is 25.1 Å². The number of benzene rings is 1. The molecule has 0 saturated heterocycles. The third kappa shape index (κ3) is 1.43. The van der Waals surface area contributed by atoms with Gasteiger partial charge >= 0.3 is 18.9 Å². The van der Waals surface area contributed by atoms with Crippen molar-refractivity contribution >= 4 is 29.8 Å². The molecule has 2 aromatic rings. The van der Waals surface area contributed by atoms with Crippen LogP contribution in [-0.2, 0) is 6.42 Å². The molecule has 12 heavy (non-hydrogen) atoms. The van der Waals surface area contributed by atoms with Gasteiger partial charge in [-0.25, -0.2) is 0 Å². The van der Waals surface area contributed by atoms with E-state index in [4.69, 9.17) is 4.42 Å². The quantitative estimate of drug-likeness (QED) is 0.574. The predicted octanol–water partition coefficient (Wildman–Crippen LogP) is 2.35. The van der Waals surface area contributed by atoms with E-state index in [9.17, 15) is 0 Å². The first-order chi connectivity index (χ1) is 5.42. The van der Waals surface area contributed by atoms with Crippen molar-refractivity contribution in [2.24, 2.45) is 0 Å². The maximum atomic E-state index is 5.34. The second-order valence-corrected chi connectivity index (χ2v) is 2.61. The zero-order chi connectivity index (χ0) is 7.68. The molecule has 0 aliphatic carbocycles. The fourth-order valence-corrected chi connectivity index (χ4v) is 1.31. The molecule has 0 radical (unpaired) electrons. The molecule has 1 aromatic heterocycles. The molecular weight excluding hydrogens is 143 g/mol. The number of para-hydroxylation sites is 1. The Hall–Kier alpha value is -0.643. The van der Waals surface area contributed by atoms with E-state index in [0.29, 0.717) is 0 Å². The Morgan fingerprint density at radius 1 is 1.25 bits per heavy atom. The van der Waals surface area contributed by atoms with Crippen molar-refractivity contribution in [3.8, 4) is 0 Å². The average Bonchev–Trinajstić information content (AvgIpc) is 2.47. The molecule has 0 saturated carbocycles. The average molecular weight is 154 g/mol. The summed E-state index contributed by atoms with van der Waals surface area (Å²) in [5.74, 6) is 0. The Bertz CT molecular complexity index is 365. The second-order valence-electron chi connectivity index (χ2n) is 2.61. The fraction of sp³-hybridized carbons (Fsp3) is 0.200. The molecule has 0 atom stereocenters. The maximum absolute atomic E-state index is 5.34. The molecule has 0 unspecified atom stereocenters. The first-order valence-corrected chi connectivity index (χ1v) is 3.87. The van der Waals surface area contributed by atoms with E-state index >= 15 is 0 Å². The molecule has 2 heteroatoms. The fourth-order valence-electron chi connectivity index (χ4n) is 1.31. The number of hydrogen-bond acceptors (Lipinski definition) is 1. The van der Waals surface area contributed by atoms with Gasteiger partial charge in [0.05, 0.1) is 6.26 Å². The van der Waals surface area contributed by atoms with Crippen molar-refractivity contribution in [3.05, 3.63) is 36.1 Å². The standard InChI is InChI=1S/C10H10O.Li.H/c1-2-8-7-11-10-6-4-3-5-9(8)10;;/h3-7H,2H2,1H3;;. The summed E-state index contributed by atoms with van der Waals surface area (Å²) in [5.41, 5.74) is 2.28. The van der Waals surface area contributed by atoms with Gasteiger partial charge in [-0.05, 0) is 18.1 Å². The molecule has 0 bridgehead atoms. The van der Waals surface area contributed by atoms with Gasteiger partial charge in [0.25, 0.3) is 0 Å². The second kappa shape index (κ2) is 3.85.